The van der Waals surface area contributed by atoms with Crippen LogP contribution in [0.5, 0.6) is 0 Å². The zero-order valence-corrected chi connectivity index (χ0v) is 6.91. The summed E-state index contributed by atoms with van der Waals surface area (Å²) in [6.45, 7) is 3.95. The lowest BCUT2D eigenvalue weighted by Gasteiger charge is -2.02. The van der Waals surface area contributed by atoms with Crippen molar-refractivity contribution in [3.05, 3.63) is 0 Å². The summed E-state index contributed by atoms with van der Waals surface area (Å²) >= 11 is 0. The second-order valence-corrected chi connectivity index (χ2v) is 1.98. The van der Waals surface area contributed by atoms with Crippen molar-refractivity contribution in [2.75, 3.05) is 33.0 Å². The predicted octanol–water partition coefficient (Wildman–Crippen LogP) is 0.353. The number of ether oxygens (including phenoxy) is 1. The third kappa shape index (κ3) is 9.84. The Hall–Kier alpha value is -0.160. The molecular formula is C7H16O4. The highest BCUT2D eigenvalue weighted by Crippen LogP contribution is 1.82. The summed E-state index contributed by atoms with van der Waals surface area (Å²) < 4.78 is 5.10. The first-order valence-electron chi connectivity index (χ1n) is 3.84. The van der Waals surface area contributed by atoms with Crippen molar-refractivity contribution < 1.29 is 19.6 Å². The van der Waals surface area contributed by atoms with Gasteiger partial charge in [0.05, 0.1) is 13.2 Å². The molecule has 0 atom stereocenters. The van der Waals surface area contributed by atoms with Gasteiger partial charge in [-0.25, -0.2) is 9.78 Å². The number of rotatable bonds is 8. The van der Waals surface area contributed by atoms with E-state index in [1.54, 1.807) is 0 Å². The molecule has 0 bridgehead atoms. The average molecular weight is 164 g/mol. The summed E-state index contributed by atoms with van der Waals surface area (Å²) in [4.78, 5) is 9.17. The van der Waals surface area contributed by atoms with Gasteiger partial charge in [-0.1, -0.05) is 6.92 Å². The second-order valence-electron chi connectivity index (χ2n) is 1.98. The minimum absolute atomic E-state index is 0.0180. The van der Waals surface area contributed by atoms with E-state index in [0.717, 1.165) is 13.0 Å². The maximum atomic E-state index is 8.27. The molecule has 0 heterocycles. The van der Waals surface area contributed by atoms with Crippen LogP contribution in [0.15, 0.2) is 0 Å². The summed E-state index contributed by atoms with van der Waals surface area (Å²) in [7, 11) is 0. The summed E-state index contributed by atoms with van der Waals surface area (Å²) in [5.74, 6) is 0. The smallest absolute Gasteiger partial charge is 0.106 e. The van der Waals surface area contributed by atoms with Gasteiger partial charge in [0.1, 0.15) is 13.2 Å². The fraction of sp³-hybridized carbons (Fsp3) is 1.00. The Balaban J connectivity index is 2.69. The molecule has 0 amide bonds. The molecule has 0 radical (unpaired) electrons. The lowest BCUT2D eigenvalue weighted by atomic mass is 10.5. The zero-order chi connectivity index (χ0) is 8.36. The molecule has 0 fully saturated rings. The summed E-state index contributed by atoms with van der Waals surface area (Å²) in [5.41, 5.74) is 0. The van der Waals surface area contributed by atoms with Crippen LogP contribution in [0.4, 0.5) is 0 Å². The van der Waals surface area contributed by atoms with Crippen LogP contribution in [-0.2, 0) is 14.5 Å². The number of hydrogen-bond donors (Lipinski definition) is 1. The highest BCUT2D eigenvalue weighted by atomic mass is 17.2. The molecule has 0 aliphatic carbocycles. The van der Waals surface area contributed by atoms with Crippen LogP contribution in [0.25, 0.3) is 0 Å². The van der Waals surface area contributed by atoms with E-state index in [1.165, 1.54) is 0 Å². The zero-order valence-electron chi connectivity index (χ0n) is 6.91. The monoisotopic (exact) mass is 164 g/mol. The highest BCUT2D eigenvalue weighted by Gasteiger charge is 1.88. The van der Waals surface area contributed by atoms with E-state index in [2.05, 4.69) is 9.78 Å². The average Bonchev–Trinajstić information content (AvgIpc) is 2.03. The van der Waals surface area contributed by atoms with Gasteiger partial charge < -0.3 is 9.84 Å². The molecule has 0 aromatic rings. The molecule has 68 valence electrons. The molecule has 0 saturated heterocycles. The number of hydrogen-bond acceptors (Lipinski definition) is 4. The number of aliphatic hydroxyl groups is 1. The van der Waals surface area contributed by atoms with E-state index in [1.807, 2.05) is 6.92 Å². The molecule has 0 aliphatic heterocycles. The Kier molecular flexibility index (Phi) is 9.70. The van der Waals surface area contributed by atoms with Crippen LogP contribution in [0.1, 0.15) is 13.3 Å². The minimum Gasteiger partial charge on any atom is -0.394 e. The quantitative estimate of drug-likeness (QED) is 0.319. The van der Waals surface area contributed by atoms with Crippen LogP contribution in [0.2, 0.25) is 0 Å². The molecule has 11 heavy (non-hydrogen) atoms. The van der Waals surface area contributed by atoms with E-state index in [4.69, 9.17) is 9.84 Å². The van der Waals surface area contributed by atoms with Gasteiger partial charge in [0, 0.05) is 6.61 Å². The van der Waals surface area contributed by atoms with Gasteiger partial charge >= 0.3 is 0 Å². The first-order valence-corrected chi connectivity index (χ1v) is 3.84. The maximum absolute atomic E-state index is 8.27. The van der Waals surface area contributed by atoms with Gasteiger partial charge in [-0.3, -0.25) is 0 Å². The normalized spacial score (nSPS) is 10.4. The minimum atomic E-state index is -0.0180. The van der Waals surface area contributed by atoms with E-state index < -0.39 is 0 Å². The molecular weight excluding hydrogens is 148 g/mol. The van der Waals surface area contributed by atoms with E-state index in [0.29, 0.717) is 13.2 Å². The molecule has 0 saturated carbocycles. The number of aliphatic hydroxyl groups excluding tert-OH is 1. The first-order chi connectivity index (χ1) is 5.41. The van der Waals surface area contributed by atoms with Crippen LogP contribution in [-0.4, -0.2) is 38.1 Å². The van der Waals surface area contributed by atoms with Gasteiger partial charge in [-0.15, -0.1) is 0 Å². The molecule has 4 nitrogen and oxygen atoms in total. The maximum Gasteiger partial charge on any atom is 0.106 e. The lowest BCUT2D eigenvalue weighted by Crippen LogP contribution is -2.07. The Labute approximate surface area is 67.0 Å². The Bertz CT molecular complexity index is 59.5. The molecule has 0 rings (SSSR count). The summed E-state index contributed by atoms with van der Waals surface area (Å²) in [6, 6.07) is 0. The van der Waals surface area contributed by atoms with Gasteiger partial charge in [-0.05, 0) is 6.42 Å². The van der Waals surface area contributed by atoms with Crippen LogP contribution < -0.4 is 0 Å². The standard InChI is InChI=1S/C7H16O4/c1-2-4-9-6-7-11-10-5-3-8/h8H,2-7H2,1H3. The SMILES string of the molecule is CCCOCCOOCCO. The Morgan fingerprint density at radius 2 is 1.73 bits per heavy atom. The van der Waals surface area contributed by atoms with Crippen molar-refractivity contribution in [3.8, 4) is 0 Å². The second kappa shape index (κ2) is 9.84. The fourth-order valence-electron chi connectivity index (χ4n) is 0.494. The largest absolute Gasteiger partial charge is 0.394 e. The first kappa shape index (κ1) is 10.8. The third-order valence-corrected chi connectivity index (χ3v) is 0.917. The van der Waals surface area contributed by atoms with Crippen LogP contribution in [0.3, 0.4) is 0 Å². The topological polar surface area (TPSA) is 47.9 Å². The fourth-order valence-corrected chi connectivity index (χ4v) is 0.494. The van der Waals surface area contributed by atoms with Gasteiger partial charge in [0.2, 0.25) is 0 Å². The van der Waals surface area contributed by atoms with Gasteiger partial charge in [0.25, 0.3) is 0 Å². The van der Waals surface area contributed by atoms with Crippen molar-refractivity contribution >= 4 is 0 Å². The summed E-state index contributed by atoms with van der Waals surface area (Å²) in [5, 5.41) is 8.27. The molecule has 1 N–H and O–H groups in total. The summed E-state index contributed by atoms with van der Waals surface area (Å²) in [6.07, 6.45) is 1.01. The van der Waals surface area contributed by atoms with Crippen molar-refractivity contribution in [1.82, 2.24) is 0 Å². The van der Waals surface area contributed by atoms with Crippen LogP contribution >= 0.6 is 0 Å². The molecule has 0 aliphatic rings. The van der Waals surface area contributed by atoms with E-state index >= 15 is 0 Å². The van der Waals surface area contributed by atoms with Crippen molar-refractivity contribution in [2.45, 2.75) is 13.3 Å². The molecule has 0 spiro atoms. The van der Waals surface area contributed by atoms with Crippen molar-refractivity contribution in [2.24, 2.45) is 0 Å². The van der Waals surface area contributed by atoms with Crippen molar-refractivity contribution in [1.29, 1.82) is 0 Å². The van der Waals surface area contributed by atoms with Crippen LogP contribution in [0, 0.1) is 0 Å². The predicted molar refractivity (Wildman–Crippen MR) is 40.1 cm³/mol. The lowest BCUT2D eigenvalue weighted by molar-refractivity contribution is -0.302. The molecule has 4 heteroatoms. The molecule has 0 aromatic heterocycles. The van der Waals surface area contributed by atoms with Crippen molar-refractivity contribution in [3.63, 3.8) is 0 Å². The molecule has 0 aromatic carbocycles. The Morgan fingerprint density at radius 1 is 1.00 bits per heavy atom. The third-order valence-electron chi connectivity index (χ3n) is 0.917. The molecule has 0 unspecified atom stereocenters. The van der Waals surface area contributed by atoms with E-state index in [-0.39, 0.29) is 13.2 Å². The Morgan fingerprint density at radius 3 is 2.36 bits per heavy atom. The van der Waals surface area contributed by atoms with Gasteiger partial charge in [0.15, 0.2) is 0 Å². The van der Waals surface area contributed by atoms with Gasteiger partial charge in [-0.2, -0.15) is 0 Å². The highest BCUT2D eigenvalue weighted by molar-refractivity contribution is 4.26. The van der Waals surface area contributed by atoms with E-state index in [9.17, 15) is 0 Å².